The molecule has 1 aliphatic carbocycles. The van der Waals surface area contributed by atoms with Gasteiger partial charge in [0.25, 0.3) is 0 Å². The van der Waals surface area contributed by atoms with Gasteiger partial charge >= 0.3 is 0 Å². The van der Waals surface area contributed by atoms with E-state index < -0.39 is 9.84 Å². The molecule has 114 valence electrons. The van der Waals surface area contributed by atoms with Gasteiger partial charge in [-0.15, -0.1) is 0 Å². The smallest absolute Gasteiger partial charge is 0.165 e. The number of fused-ring (bicyclic) bond motifs is 1. The molecule has 5 heteroatoms. The van der Waals surface area contributed by atoms with Crippen molar-refractivity contribution in [2.75, 3.05) is 5.75 Å². The summed E-state index contributed by atoms with van der Waals surface area (Å²) in [5.41, 5.74) is 0.692. The number of hydrogen-bond donors (Lipinski definition) is 0. The number of ketones is 1. The summed E-state index contributed by atoms with van der Waals surface area (Å²) in [6.45, 7) is 0. The number of Topliss-reactive ketones (excluding diaryl/α,β-unsaturated/α-hetero) is 1. The minimum atomic E-state index is -3.01. The van der Waals surface area contributed by atoms with E-state index in [-0.39, 0.29) is 22.9 Å². The van der Waals surface area contributed by atoms with Crippen molar-refractivity contribution in [1.82, 2.24) is 0 Å². The normalized spacial score (nSPS) is 31.4. The Morgan fingerprint density at radius 1 is 1.10 bits per heavy atom. The molecule has 3 rings (SSSR count). The fourth-order valence-corrected chi connectivity index (χ4v) is 6.29. The zero-order valence-corrected chi connectivity index (χ0v) is 14.2. The molecule has 0 amide bonds. The van der Waals surface area contributed by atoms with E-state index in [1.807, 2.05) is 24.3 Å². The fraction of sp³-hybridized carbons (Fsp3) is 0.562. The molecule has 0 N–H and O–H groups in total. The third-order valence-corrected chi connectivity index (χ3v) is 7.73. The summed E-state index contributed by atoms with van der Waals surface area (Å²) in [7, 11) is -3.01. The van der Waals surface area contributed by atoms with Crippen molar-refractivity contribution in [3.8, 4) is 0 Å². The van der Waals surface area contributed by atoms with Crippen LogP contribution in [-0.4, -0.2) is 25.2 Å². The van der Waals surface area contributed by atoms with Crippen LogP contribution in [0.1, 0.15) is 42.5 Å². The average Bonchev–Trinajstić information content (AvgIpc) is 2.83. The van der Waals surface area contributed by atoms with Crippen LogP contribution in [0.3, 0.4) is 0 Å². The van der Waals surface area contributed by atoms with Gasteiger partial charge in [0, 0.05) is 16.0 Å². The molecule has 1 heterocycles. The van der Waals surface area contributed by atoms with Crippen molar-refractivity contribution in [3.63, 3.8) is 0 Å². The number of rotatable bonds is 2. The van der Waals surface area contributed by atoms with Crippen molar-refractivity contribution in [2.45, 2.75) is 37.4 Å². The highest BCUT2D eigenvalue weighted by atomic mass is 79.9. The van der Waals surface area contributed by atoms with Crippen molar-refractivity contribution >= 4 is 31.6 Å². The van der Waals surface area contributed by atoms with Crippen molar-refractivity contribution in [1.29, 1.82) is 0 Å². The van der Waals surface area contributed by atoms with Crippen LogP contribution < -0.4 is 0 Å². The first-order chi connectivity index (χ1) is 9.97. The standard InChI is InChI=1S/C16H19BrO3S/c17-14-6-4-11(5-7-14)16(18)13-9-12-3-1-2-8-21(19,20)15(12)10-13/h4-7,12-13,15H,1-3,8-10H2. The van der Waals surface area contributed by atoms with E-state index in [1.54, 1.807) is 0 Å². The number of halogens is 1. The summed E-state index contributed by atoms with van der Waals surface area (Å²) < 4.78 is 25.6. The molecule has 3 unspecified atom stereocenters. The van der Waals surface area contributed by atoms with E-state index in [0.29, 0.717) is 17.7 Å². The highest BCUT2D eigenvalue weighted by molar-refractivity contribution is 9.10. The average molecular weight is 371 g/mol. The molecule has 1 saturated carbocycles. The van der Waals surface area contributed by atoms with Gasteiger partial charge in [-0.3, -0.25) is 4.79 Å². The van der Waals surface area contributed by atoms with Gasteiger partial charge in [-0.1, -0.05) is 34.5 Å². The molecule has 0 bridgehead atoms. The van der Waals surface area contributed by atoms with Crippen LogP contribution in [0.25, 0.3) is 0 Å². The Labute approximate surface area is 134 Å². The third kappa shape index (κ3) is 3.09. The molecule has 2 fully saturated rings. The lowest BCUT2D eigenvalue weighted by atomic mass is 9.94. The van der Waals surface area contributed by atoms with E-state index in [2.05, 4.69) is 15.9 Å². The van der Waals surface area contributed by atoms with E-state index in [4.69, 9.17) is 0 Å². The highest BCUT2D eigenvalue weighted by Crippen LogP contribution is 2.42. The summed E-state index contributed by atoms with van der Waals surface area (Å²) >= 11 is 3.36. The molecule has 1 aromatic rings. The van der Waals surface area contributed by atoms with Gasteiger partial charge in [-0.05, 0) is 43.7 Å². The molecule has 1 aromatic carbocycles. The Morgan fingerprint density at radius 2 is 1.81 bits per heavy atom. The van der Waals surface area contributed by atoms with Crippen LogP contribution in [0, 0.1) is 11.8 Å². The summed E-state index contributed by atoms with van der Waals surface area (Å²) in [5, 5.41) is -0.288. The highest BCUT2D eigenvalue weighted by Gasteiger charge is 2.45. The molecule has 2 aliphatic rings. The quantitative estimate of drug-likeness (QED) is 0.746. The van der Waals surface area contributed by atoms with Crippen LogP contribution in [0.4, 0.5) is 0 Å². The zero-order valence-electron chi connectivity index (χ0n) is 11.8. The van der Waals surface area contributed by atoms with Gasteiger partial charge < -0.3 is 0 Å². The number of sulfone groups is 1. The topological polar surface area (TPSA) is 51.2 Å². The second kappa shape index (κ2) is 5.84. The molecule has 3 nitrogen and oxygen atoms in total. The van der Waals surface area contributed by atoms with Crippen LogP contribution in [0.2, 0.25) is 0 Å². The van der Waals surface area contributed by atoms with Gasteiger partial charge in [0.1, 0.15) is 0 Å². The summed E-state index contributed by atoms with van der Waals surface area (Å²) in [4.78, 5) is 12.6. The van der Waals surface area contributed by atoms with E-state index in [1.165, 1.54) is 0 Å². The van der Waals surface area contributed by atoms with Gasteiger partial charge in [-0.25, -0.2) is 8.42 Å². The lowest BCUT2D eigenvalue weighted by molar-refractivity contribution is 0.0919. The van der Waals surface area contributed by atoms with Gasteiger partial charge in [-0.2, -0.15) is 0 Å². The lowest BCUT2D eigenvalue weighted by Gasteiger charge is -2.14. The number of carbonyl (C=O) groups is 1. The number of benzene rings is 1. The molecule has 1 aliphatic heterocycles. The minimum absolute atomic E-state index is 0.103. The minimum Gasteiger partial charge on any atom is -0.294 e. The first kappa shape index (κ1) is 15.2. The molecular weight excluding hydrogens is 352 g/mol. The van der Waals surface area contributed by atoms with Crippen LogP contribution in [0.15, 0.2) is 28.7 Å². The molecule has 1 saturated heterocycles. The van der Waals surface area contributed by atoms with Gasteiger partial charge in [0.2, 0.25) is 0 Å². The Hall–Kier alpha value is -0.680. The molecule has 0 aromatic heterocycles. The molecule has 0 radical (unpaired) electrons. The SMILES string of the molecule is O=C(c1ccc(Br)cc1)C1CC2CCCCS(=O)(=O)C2C1. The molecule has 21 heavy (non-hydrogen) atoms. The Bertz CT molecular complexity index is 636. The third-order valence-electron chi connectivity index (χ3n) is 4.84. The van der Waals surface area contributed by atoms with Crippen LogP contribution in [0.5, 0.6) is 0 Å². The summed E-state index contributed by atoms with van der Waals surface area (Å²) in [5.74, 6) is 0.453. The Balaban J connectivity index is 1.80. The van der Waals surface area contributed by atoms with Gasteiger partial charge in [0.05, 0.1) is 11.0 Å². The Kier molecular flexibility index (Phi) is 4.23. The molecule has 3 atom stereocenters. The van der Waals surface area contributed by atoms with Crippen molar-refractivity contribution < 1.29 is 13.2 Å². The maximum absolute atomic E-state index is 12.6. The summed E-state index contributed by atoms with van der Waals surface area (Å²) in [6.07, 6.45) is 3.95. The van der Waals surface area contributed by atoms with Gasteiger partial charge in [0.15, 0.2) is 15.6 Å². The summed E-state index contributed by atoms with van der Waals surface area (Å²) in [6, 6.07) is 7.35. The maximum atomic E-state index is 12.6. The van der Waals surface area contributed by atoms with E-state index in [0.717, 1.165) is 30.2 Å². The second-order valence-corrected chi connectivity index (χ2v) is 9.46. The predicted molar refractivity (Wildman–Crippen MR) is 86.1 cm³/mol. The fourth-order valence-electron chi connectivity index (χ4n) is 3.75. The van der Waals surface area contributed by atoms with E-state index >= 15 is 0 Å². The zero-order chi connectivity index (χ0) is 15.0. The number of carbonyl (C=O) groups excluding carboxylic acids is 1. The molecular formula is C16H19BrO3S. The van der Waals surface area contributed by atoms with Crippen LogP contribution >= 0.6 is 15.9 Å². The second-order valence-electron chi connectivity index (χ2n) is 6.20. The van der Waals surface area contributed by atoms with E-state index in [9.17, 15) is 13.2 Å². The first-order valence-electron chi connectivity index (χ1n) is 7.49. The maximum Gasteiger partial charge on any atom is 0.165 e. The van der Waals surface area contributed by atoms with Crippen molar-refractivity contribution in [2.24, 2.45) is 11.8 Å². The largest absolute Gasteiger partial charge is 0.294 e. The lowest BCUT2D eigenvalue weighted by Crippen LogP contribution is -2.25. The Morgan fingerprint density at radius 3 is 2.52 bits per heavy atom. The number of hydrogen-bond acceptors (Lipinski definition) is 3. The monoisotopic (exact) mass is 370 g/mol. The van der Waals surface area contributed by atoms with Crippen molar-refractivity contribution in [3.05, 3.63) is 34.3 Å². The molecule has 0 spiro atoms. The predicted octanol–water partition coefficient (Wildman–Crippen LogP) is 3.63. The first-order valence-corrected chi connectivity index (χ1v) is 9.99. The van der Waals surface area contributed by atoms with Crippen LogP contribution in [-0.2, 0) is 9.84 Å².